The molecule has 3 nitrogen and oxygen atoms in total. The zero-order valence-corrected chi connectivity index (χ0v) is 6.53. The summed E-state index contributed by atoms with van der Waals surface area (Å²) in [5.74, 6) is 0.542. The van der Waals surface area contributed by atoms with Crippen LogP contribution >= 0.6 is 0 Å². The van der Waals surface area contributed by atoms with Gasteiger partial charge in [0, 0.05) is 0 Å². The van der Waals surface area contributed by atoms with Gasteiger partial charge in [0.2, 0.25) is 0 Å². The highest BCUT2D eigenvalue weighted by Gasteiger charge is 1.84. The quantitative estimate of drug-likeness (QED) is 0.578. The zero-order valence-electron chi connectivity index (χ0n) is 6.53. The number of ketones is 1. The van der Waals surface area contributed by atoms with Crippen LogP contribution in [0.25, 0.3) is 0 Å². The van der Waals surface area contributed by atoms with E-state index in [1.807, 2.05) is 0 Å². The van der Waals surface area contributed by atoms with Gasteiger partial charge in [-0.3, -0.25) is 4.79 Å². The van der Waals surface area contributed by atoms with Crippen LogP contribution in [-0.4, -0.2) is 12.1 Å². The molecule has 0 atom stereocenters. The van der Waals surface area contributed by atoms with Crippen molar-refractivity contribution in [1.29, 1.82) is 0 Å². The lowest BCUT2D eigenvalue weighted by molar-refractivity contribution is -0.114. The summed E-state index contributed by atoms with van der Waals surface area (Å²) in [6, 6.07) is 3.27. The number of hydrogen-bond acceptors (Lipinski definition) is 3. The largest absolute Gasteiger partial charge is 0.462 e. The van der Waals surface area contributed by atoms with Crippen LogP contribution in [0.15, 0.2) is 22.8 Å². The van der Waals surface area contributed by atoms with Crippen molar-refractivity contribution < 1.29 is 14.0 Å². The SMILES string of the molecule is CC(C)=O.O=Cc1ccco1. The van der Waals surface area contributed by atoms with Crippen molar-refractivity contribution >= 4 is 12.1 Å². The molecule has 0 amide bonds. The van der Waals surface area contributed by atoms with Crippen molar-refractivity contribution in [2.45, 2.75) is 13.8 Å². The molecule has 0 saturated heterocycles. The fourth-order valence-corrected chi connectivity index (χ4v) is 0.358. The molecule has 0 aromatic carbocycles. The zero-order chi connectivity index (χ0) is 8.69. The van der Waals surface area contributed by atoms with E-state index in [4.69, 9.17) is 0 Å². The Hall–Kier alpha value is -1.38. The first-order chi connectivity index (χ1) is 5.16. The number of furan rings is 1. The Bertz CT molecular complexity index is 207. The Morgan fingerprint density at radius 3 is 2.27 bits per heavy atom. The van der Waals surface area contributed by atoms with E-state index < -0.39 is 0 Å². The van der Waals surface area contributed by atoms with E-state index in [0.29, 0.717) is 12.0 Å². The number of aldehydes is 1. The molecule has 0 spiro atoms. The number of hydrogen-bond donors (Lipinski definition) is 0. The first-order valence-corrected chi connectivity index (χ1v) is 3.12. The van der Waals surface area contributed by atoms with E-state index in [1.54, 1.807) is 12.1 Å². The topological polar surface area (TPSA) is 47.3 Å². The number of carbonyl (C=O) groups excluding carboxylic acids is 2. The summed E-state index contributed by atoms with van der Waals surface area (Å²) in [7, 11) is 0. The molecule has 0 aliphatic heterocycles. The third-order valence-electron chi connectivity index (χ3n) is 0.659. The number of rotatable bonds is 1. The fraction of sp³-hybridized carbons (Fsp3) is 0.250. The maximum atomic E-state index is 9.77. The second kappa shape index (κ2) is 5.41. The van der Waals surface area contributed by atoms with Crippen LogP contribution in [0.3, 0.4) is 0 Å². The van der Waals surface area contributed by atoms with E-state index in [-0.39, 0.29) is 5.78 Å². The Labute approximate surface area is 65.0 Å². The molecular formula is C8H10O3. The van der Waals surface area contributed by atoms with Gasteiger partial charge in [0.05, 0.1) is 6.26 Å². The average molecular weight is 154 g/mol. The average Bonchev–Trinajstić information content (AvgIpc) is 2.36. The van der Waals surface area contributed by atoms with E-state index in [9.17, 15) is 9.59 Å². The molecule has 1 heterocycles. The second-order valence-corrected chi connectivity index (χ2v) is 2.04. The molecular weight excluding hydrogens is 144 g/mol. The molecule has 0 N–H and O–H groups in total. The van der Waals surface area contributed by atoms with Gasteiger partial charge in [-0.15, -0.1) is 0 Å². The highest BCUT2D eigenvalue weighted by atomic mass is 16.3. The standard InChI is InChI=1S/C5H4O2.C3H6O/c6-4-5-2-1-3-7-5;1-3(2)4/h1-4H;1-2H3. The third-order valence-corrected chi connectivity index (χ3v) is 0.659. The molecule has 3 heteroatoms. The molecule has 0 radical (unpaired) electrons. The highest BCUT2D eigenvalue weighted by Crippen LogP contribution is 1.92. The summed E-state index contributed by atoms with van der Waals surface area (Å²) in [5.41, 5.74) is 0. The number of carbonyl (C=O) groups is 2. The van der Waals surface area contributed by atoms with Gasteiger partial charge in [-0.25, -0.2) is 0 Å². The maximum absolute atomic E-state index is 9.77. The van der Waals surface area contributed by atoms with E-state index in [2.05, 4.69) is 4.42 Å². The Kier molecular flexibility index (Phi) is 4.73. The molecule has 1 aromatic rings. The van der Waals surface area contributed by atoms with Crippen LogP contribution in [-0.2, 0) is 4.79 Å². The summed E-state index contributed by atoms with van der Waals surface area (Å²) >= 11 is 0. The van der Waals surface area contributed by atoms with Crippen molar-refractivity contribution in [3.8, 4) is 0 Å². The van der Waals surface area contributed by atoms with Crippen molar-refractivity contribution in [2.75, 3.05) is 0 Å². The lowest BCUT2D eigenvalue weighted by atomic mass is 10.5. The molecule has 1 rings (SSSR count). The van der Waals surface area contributed by atoms with E-state index in [1.165, 1.54) is 20.1 Å². The van der Waals surface area contributed by atoms with E-state index in [0.717, 1.165) is 0 Å². The monoisotopic (exact) mass is 154 g/mol. The molecule has 1 aromatic heterocycles. The van der Waals surface area contributed by atoms with Gasteiger partial charge < -0.3 is 9.21 Å². The summed E-state index contributed by atoms with van der Waals surface area (Å²) < 4.78 is 4.61. The van der Waals surface area contributed by atoms with Crippen LogP contribution in [0.5, 0.6) is 0 Å². The van der Waals surface area contributed by atoms with Gasteiger partial charge in [-0.2, -0.15) is 0 Å². The van der Waals surface area contributed by atoms with Crippen LogP contribution in [0, 0.1) is 0 Å². The first kappa shape index (κ1) is 9.62. The van der Waals surface area contributed by atoms with Crippen LogP contribution < -0.4 is 0 Å². The van der Waals surface area contributed by atoms with Crippen LogP contribution in [0.4, 0.5) is 0 Å². The molecule has 0 saturated carbocycles. The van der Waals surface area contributed by atoms with Crippen LogP contribution in [0.2, 0.25) is 0 Å². The molecule has 0 aliphatic carbocycles. The predicted molar refractivity (Wildman–Crippen MR) is 40.5 cm³/mol. The minimum Gasteiger partial charge on any atom is -0.462 e. The lowest BCUT2D eigenvalue weighted by Gasteiger charge is -1.68. The highest BCUT2D eigenvalue weighted by molar-refractivity contribution is 5.72. The summed E-state index contributed by atoms with van der Waals surface area (Å²) in [6.07, 6.45) is 2.13. The summed E-state index contributed by atoms with van der Waals surface area (Å²) in [6.45, 7) is 3.06. The summed E-state index contributed by atoms with van der Waals surface area (Å²) in [4.78, 5) is 19.2. The Balaban J connectivity index is 0.000000218. The maximum Gasteiger partial charge on any atom is 0.185 e. The lowest BCUT2D eigenvalue weighted by Crippen LogP contribution is -1.69. The minimum atomic E-state index is 0.167. The van der Waals surface area contributed by atoms with Gasteiger partial charge in [-0.05, 0) is 26.0 Å². The third kappa shape index (κ3) is 6.51. The van der Waals surface area contributed by atoms with Crippen LogP contribution in [0.1, 0.15) is 24.4 Å². The van der Waals surface area contributed by atoms with E-state index >= 15 is 0 Å². The normalized spacial score (nSPS) is 7.82. The second-order valence-electron chi connectivity index (χ2n) is 2.04. The molecule has 0 unspecified atom stereocenters. The Morgan fingerprint density at radius 1 is 1.55 bits per heavy atom. The minimum absolute atomic E-state index is 0.167. The van der Waals surface area contributed by atoms with Gasteiger partial charge in [0.15, 0.2) is 12.0 Å². The molecule has 0 bridgehead atoms. The smallest absolute Gasteiger partial charge is 0.185 e. The fourth-order valence-electron chi connectivity index (χ4n) is 0.358. The van der Waals surface area contributed by atoms with Crippen molar-refractivity contribution in [1.82, 2.24) is 0 Å². The van der Waals surface area contributed by atoms with Crippen molar-refractivity contribution in [2.24, 2.45) is 0 Å². The van der Waals surface area contributed by atoms with Crippen molar-refractivity contribution in [3.63, 3.8) is 0 Å². The molecule has 11 heavy (non-hydrogen) atoms. The summed E-state index contributed by atoms with van der Waals surface area (Å²) in [5, 5.41) is 0. The van der Waals surface area contributed by atoms with Gasteiger partial charge >= 0.3 is 0 Å². The van der Waals surface area contributed by atoms with Crippen molar-refractivity contribution in [3.05, 3.63) is 24.2 Å². The molecule has 0 fully saturated rings. The van der Waals surface area contributed by atoms with Gasteiger partial charge in [-0.1, -0.05) is 0 Å². The van der Waals surface area contributed by atoms with Gasteiger partial charge in [0.25, 0.3) is 0 Å². The first-order valence-electron chi connectivity index (χ1n) is 3.12. The van der Waals surface area contributed by atoms with Gasteiger partial charge in [0.1, 0.15) is 5.78 Å². The predicted octanol–water partition coefficient (Wildman–Crippen LogP) is 1.69. The number of Topliss-reactive ketones (excluding diaryl/α,β-unsaturated/α-hetero) is 1. The molecule has 0 aliphatic rings. The Morgan fingerprint density at radius 2 is 2.09 bits per heavy atom. The molecule has 60 valence electrons.